The van der Waals surface area contributed by atoms with Gasteiger partial charge in [-0.3, -0.25) is 0 Å². The predicted molar refractivity (Wildman–Crippen MR) is 75.1 cm³/mol. The van der Waals surface area contributed by atoms with Crippen LogP contribution < -0.4 is 11.1 Å². The number of carbonyl (C=O) groups is 1. The number of hydrogen-bond donors (Lipinski definition) is 2. The molecule has 0 amide bonds. The number of halogens is 2. The van der Waals surface area contributed by atoms with E-state index in [2.05, 4.69) is 26.0 Å². The monoisotopic (exact) mass is 334 g/mol. The summed E-state index contributed by atoms with van der Waals surface area (Å²) in [6.07, 6.45) is 0. The molecule has 0 aliphatic heterocycles. The Hall–Kier alpha value is -1.21. The topological polar surface area (TPSA) is 64.3 Å². The Kier molecular flexibility index (Phi) is 5.03. The molecule has 1 aromatic rings. The summed E-state index contributed by atoms with van der Waals surface area (Å²) in [5.41, 5.74) is 6.01. The lowest BCUT2D eigenvalue weighted by atomic mass is 10.2. The highest BCUT2D eigenvalue weighted by Crippen LogP contribution is 2.27. The van der Waals surface area contributed by atoms with Crippen molar-refractivity contribution in [2.75, 3.05) is 12.4 Å². The second-order valence-corrected chi connectivity index (χ2v) is 4.77. The normalized spacial score (nSPS) is 11.8. The quantitative estimate of drug-likeness (QED) is 0.652. The zero-order valence-electron chi connectivity index (χ0n) is 9.79. The summed E-state index contributed by atoms with van der Waals surface area (Å²) < 4.78 is 18.7. The predicted octanol–water partition coefficient (Wildman–Crippen LogP) is 2.20. The van der Waals surface area contributed by atoms with Crippen LogP contribution in [-0.4, -0.2) is 24.1 Å². The van der Waals surface area contributed by atoms with Crippen molar-refractivity contribution in [3.8, 4) is 0 Å². The lowest BCUT2D eigenvalue weighted by molar-refractivity contribution is -0.141. The number of esters is 1. The van der Waals surface area contributed by atoms with Gasteiger partial charge >= 0.3 is 5.97 Å². The molecule has 3 N–H and O–H groups in total. The Morgan fingerprint density at radius 2 is 2.22 bits per heavy atom. The Bertz CT molecular complexity index is 496. The van der Waals surface area contributed by atoms with Gasteiger partial charge in [-0.05, 0) is 35.0 Å². The number of rotatable bonds is 4. The van der Waals surface area contributed by atoms with E-state index in [1.165, 1.54) is 13.2 Å². The lowest BCUT2D eigenvalue weighted by Crippen LogP contribution is -2.27. The molecule has 0 bridgehead atoms. The number of benzene rings is 1. The van der Waals surface area contributed by atoms with Crippen LogP contribution in [0, 0.1) is 5.82 Å². The van der Waals surface area contributed by atoms with E-state index >= 15 is 0 Å². The third kappa shape index (κ3) is 3.17. The molecule has 4 nitrogen and oxygen atoms in total. The highest BCUT2D eigenvalue weighted by Gasteiger charge is 2.17. The second-order valence-electron chi connectivity index (χ2n) is 3.54. The number of ether oxygens (including phenoxy) is 1. The fourth-order valence-electron chi connectivity index (χ4n) is 1.32. The number of methoxy groups -OCH3 is 1. The molecule has 1 aromatic carbocycles. The first-order chi connectivity index (χ1) is 8.38. The number of thiocarbonyl (C=S) groups is 1. The van der Waals surface area contributed by atoms with Gasteiger partial charge in [-0.25, -0.2) is 9.18 Å². The molecular weight excluding hydrogens is 323 g/mol. The molecule has 0 spiro atoms. The molecule has 1 unspecified atom stereocenters. The van der Waals surface area contributed by atoms with Gasteiger partial charge in [-0.15, -0.1) is 0 Å². The first kappa shape index (κ1) is 14.8. The Labute approximate surface area is 118 Å². The molecule has 1 atom stereocenters. The maximum atomic E-state index is 14.0. The third-order valence-electron chi connectivity index (χ3n) is 2.27. The zero-order chi connectivity index (χ0) is 13.9. The van der Waals surface area contributed by atoms with Gasteiger partial charge in [-0.1, -0.05) is 12.2 Å². The molecule has 0 heterocycles. The summed E-state index contributed by atoms with van der Waals surface area (Å²) in [5, 5.41) is 2.70. The van der Waals surface area contributed by atoms with E-state index in [4.69, 9.17) is 18.0 Å². The molecule has 0 saturated heterocycles. The molecule has 98 valence electrons. The van der Waals surface area contributed by atoms with Crippen LogP contribution in [0.5, 0.6) is 0 Å². The molecule has 0 saturated carbocycles. The number of hydrogen-bond acceptors (Lipinski definition) is 4. The molecule has 0 fully saturated rings. The highest BCUT2D eigenvalue weighted by molar-refractivity contribution is 9.10. The van der Waals surface area contributed by atoms with Crippen molar-refractivity contribution in [2.24, 2.45) is 5.73 Å². The number of anilines is 1. The van der Waals surface area contributed by atoms with Crippen LogP contribution in [-0.2, 0) is 9.53 Å². The Balaban J connectivity index is 3.03. The SMILES string of the molecule is COC(=O)C(C)Nc1ccc(C(N)=S)c(Br)c1F. The van der Waals surface area contributed by atoms with Crippen LogP contribution >= 0.6 is 28.1 Å². The van der Waals surface area contributed by atoms with Gasteiger partial charge in [0.1, 0.15) is 11.0 Å². The van der Waals surface area contributed by atoms with E-state index in [1.54, 1.807) is 13.0 Å². The molecular formula is C11H12BrFN2O2S. The molecule has 0 radical (unpaired) electrons. The summed E-state index contributed by atoms with van der Waals surface area (Å²) in [6.45, 7) is 1.57. The van der Waals surface area contributed by atoms with Gasteiger partial charge in [0.25, 0.3) is 0 Å². The van der Waals surface area contributed by atoms with Crippen molar-refractivity contribution in [3.63, 3.8) is 0 Å². The Morgan fingerprint density at radius 1 is 1.61 bits per heavy atom. The van der Waals surface area contributed by atoms with Gasteiger partial charge in [0.05, 0.1) is 17.3 Å². The first-order valence-corrected chi connectivity index (χ1v) is 6.20. The smallest absolute Gasteiger partial charge is 0.327 e. The van der Waals surface area contributed by atoms with Crippen molar-refractivity contribution in [2.45, 2.75) is 13.0 Å². The van der Waals surface area contributed by atoms with Crippen LogP contribution in [0.2, 0.25) is 0 Å². The van der Waals surface area contributed by atoms with Crippen molar-refractivity contribution in [3.05, 3.63) is 28.0 Å². The van der Waals surface area contributed by atoms with E-state index in [-0.39, 0.29) is 15.1 Å². The average Bonchev–Trinajstić information content (AvgIpc) is 2.33. The van der Waals surface area contributed by atoms with Crippen molar-refractivity contribution >= 4 is 44.8 Å². The van der Waals surface area contributed by atoms with Gasteiger partial charge in [-0.2, -0.15) is 0 Å². The fraction of sp³-hybridized carbons (Fsp3) is 0.273. The minimum absolute atomic E-state index is 0.0911. The van der Waals surface area contributed by atoms with Crippen molar-refractivity contribution < 1.29 is 13.9 Å². The summed E-state index contributed by atoms with van der Waals surface area (Å²) in [7, 11) is 1.27. The molecule has 1 rings (SSSR count). The summed E-state index contributed by atoms with van der Waals surface area (Å²) in [4.78, 5) is 11.3. The first-order valence-electron chi connectivity index (χ1n) is 5.00. The van der Waals surface area contributed by atoms with Gasteiger partial charge in [0.2, 0.25) is 0 Å². The van der Waals surface area contributed by atoms with Crippen LogP contribution in [0.15, 0.2) is 16.6 Å². The number of nitrogens with two attached hydrogens (primary N) is 1. The average molecular weight is 335 g/mol. The molecule has 0 aliphatic rings. The summed E-state index contributed by atoms with van der Waals surface area (Å²) >= 11 is 7.86. The van der Waals surface area contributed by atoms with Gasteiger partial charge in [0.15, 0.2) is 5.82 Å². The van der Waals surface area contributed by atoms with E-state index in [0.29, 0.717) is 5.56 Å². The van der Waals surface area contributed by atoms with Gasteiger partial charge < -0.3 is 15.8 Å². The van der Waals surface area contributed by atoms with E-state index in [0.717, 1.165) is 0 Å². The lowest BCUT2D eigenvalue weighted by Gasteiger charge is -2.15. The molecule has 0 aromatic heterocycles. The summed E-state index contributed by atoms with van der Waals surface area (Å²) in [5.74, 6) is -1.04. The minimum Gasteiger partial charge on any atom is -0.467 e. The van der Waals surface area contributed by atoms with Gasteiger partial charge in [0, 0.05) is 5.56 Å². The molecule has 0 aliphatic carbocycles. The fourth-order valence-corrected chi connectivity index (χ4v) is 2.18. The standard InChI is InChI=1S/C11H12BrFN2O2S/c1-5(11(16)17-2)15-7-4-3-6(10(14)18)8(12)9(7)13/h3-5,15H,1-2H3,(H2,14,18). The zero-order valence-corrected chi connectivity index (χ0v) is 12.2. The van der Waals surface area contributed by atoms with E-state index in [1.807, 2.05) is 0 Å². The minimum atomic E-state index is -0.660. The summed E-state index contributed by atoms with van der Waals surface area (Å²) in [6, 6.07) is 2.38. The number of carbonyl (C=O) groups excluding carboxylic acids is 1. The van der Waals surface area contributed by atoms with E-state index in [9.17, 15) is 9.18 Å². The van der Waals surface area contributed by atoms with Crippen LogP contribution in [0.3, 0.4) is 0 Å². The van der Waals surface area contributed by atoms with Crippen LogP contribution in [0.4, 0.5) is 10.1 Å². The molecule has 7 heteroatoms. The van der Waals surface area contributed by atoms with Crippen molar-refractivity contribution in [1.82, 2.24) is 0 Å². The number of nitrogens with one attached hydrogen (secondary N) is 1. The highest BCUT2D eigenvalue weighted by atomic mass is 79.9. The maximum absolute atomic E-state index is 14.0. The third-order valence-corrected chi connectivity index (χ3v) is 3.27. The van der Waals surface area contributed by atoms with Crippen molar-refractivity contribution in [1.29, 1.82) is 0 Å². The Morgan fingerprint density at radius 3 is 2.72 bits per heavy atom. The maximum Gasteiger partial charge on any atom is 0.327 e. The van der Waals surface area contributed by atoms with E-state index < -0.39 is 17.8 Å². The second kappa shape index (κ2) is 6.10. The largest absolute Gasteiger partial charge is 0.467 e. The van der Waals surface area contributed by atoms with Crippen LogP contribution in [0.1, 0.15) is 12.5 Å². The molecule has 18 heavy (non-hydrogen) atoms. The van der Waals surface area contributed by atoms with Crippen LogP contribution in [0.25, 0.3) is 0 Å².